The number of carboxylic acids is 2. The van der Waals surface area contributed by atoms with E-state index in [-0.39, 0.29) is 0 Å². The highest BCUT2D eigenvalue weighted by Crippen LogP contribution is 2.19. The van der Waals surface area contributed by atoms with Crippen LogP contribution >= 0.6 is 0 Å². The lowest BCUT2D eigenvalue weighted by Crippen LogP contribution is -2.42. The van der Waals surface area contributed by atoms with Crippen LogP contribution in [0.5, 0.6) is 0 Å². The zero-order valence-electron chi connectivity index (χ0n) is 7.14. The molecule has 0 saturated carbocycles. The molecule has 13 heavy (non-hydrogen) atoms. The van der Waals surface area contributed by atoms with E-state index in [9.17, 15) is 18.0 Å². The Morgan fingerprint density at radius 3 is 1.62 bits per heavy atom. The third-order valence-electron chi connectivity index (χ3n) is 1.49. The summed E-state index contributed by atoms with van der Waals surface area (Å²) in [6, 6.07) is 0. The van der Waals surface area contributed by atoms with Crippen LogP contribution in [0.25, 0.3) is 0 Å². The monoisotopic (exact) mass is 210 g/mol. The van der Waals surface area contributed by atoms with E-state index >= 15 is 0 Å². The van der Waals surface area contributed by atoms with Gasteiger partial charge in [-0.15, -0.1) is 0 Å². The van der Waals surface area contributed by atoms with E-state index in [2.05, 4.69) is 0 Å². The molecule has 0 fully saturated rings. The minimum atomic E-state index is -3.63. The second kappa shape index (κ2) is 3.33. The highest BCUT2D eigenvalue weighted by Gasteiger charge is 2.44. The number of hydrogen-bond acceptors (Lipinski definition) is 4. The summed E-state index contributed by atoms with van der Waals surface area (Å²) in [6.45, 7) is 0.860. The molecular formula is C6H10O6S. The first-order valence-corrected chi connectivity index (χ1v) is 5.30. The van der Waals surface area contributed by atoms with Crippen LogP contribution in [0, 0.1) is 5.41 Å². The fraction of sp³-hybridized carbons (Fsp3) is 0.667. The van der Waals surface area contributed by atoms with Gasteiger partial charge in [-0.1, -0.05) is 0 Å². The molecular weight excluding hydrogens is 200 g/mol. The molecule has 0 atom stereocenters. The van der Waals surface area contributed by atoms with E-state index in [1.165, 1.54) is 0 Å². The number of hydrogen-bond donors (Lipinski definition) is 2. The van der Waals surface area contributed by atoms with Crippen LogP contribution in [0.3, 0.4) is 0 Å². The normalized spacial score (nSPS) is 12.5. The van der Waals surface area contributed by atoms with Gasteiger partial charge in [0.15, 0.2) is 5.41 Å². The Labute approximate surface area is 75.1 Å². The van der Waals surface area contributed by atoms with Crippen molar-refractivity contribution in [2.24, 2.45) is 5.41 Å². The number of aliphatic carboxylic acids is 2. The van der Waals surface area contributed by atoms with Crippen LogP contribution < -0.4 is 0 Å². The molecule has 0 radical (unpaired) electrons. The second-order valence-corrected chi connectivity index (χ2v) is 5.15. The average molecular weight is 210 g/mol. The van der Waals surface area contributed by atoms with E-state index in [1.54, 1.807) is 0 Å². The van der Waals surface area contributed by atoms with Crippen molar-refractivity contribution in [2.45, 2.75) is 6.92 Å². The molecule has 6 nitrogen and oxygen atoms in total. The summed E-state index contributed by atoms with van der Waals surface area (Å²) in [7, 11) is -3.63. The van der Waals surface area contributed by atoms with Crippen LogP contribution in [0.15, 0.2) is 0 Å². The summed E-state index contributed by atoms with van der Waals surface area (Å²) < 4.78 is 21.5. The van der Waals surface area contributed by atoms with Crippen molar-refractivity contribution >= 4 is 21.8 Å². The van der Waals surface area contributed by atoms with Crippen LogP contribution in [0.4, 0.5) is 0 Å². The molecule has 0 bridgehead atoms. The number of carboxylic acid groups (broad SMARTS) is 2. The third kappa shape index (κ3) is 3.02. The molecule has 0 aromatic heterocycles. The predicted molar refractivity (Wildman–Crippen MR) is 43.1 cm³/mol. The minimum Gasteiger partial charge on any atom is -0.480 e. The summed E-state index contributed by atoms with van der Waals surface area (Å²) in [5, 5.41) is 17.0. The minimum absolute atomic E-state index is 0.789. The fourth-order valence-electron chi connectivity index (χ4n) is 0.739. The number of carbonyl (C=O) groups is 2. The molecule has 0 aliphatic heterocycles. The molecule has 76 valence electrons. The van der Waals surface area contributed by atoms with Crippen LogP contribution in [0.2, 0.25) is 0 Å². The summed E-state index contributed by atoms with van der Waals surface area (Å²) in [4.78, 5) is 21.0. The first-order chi connectivity index (χ1) is 5.59. The molecule has 0 rings (SSSR count). The zero-order valence-corrected chi connectivity index (χ0v) is 7.96. The van der Waals surface area contributed by atoms with Gasteiger partial charge in [0.1, 0.15) is 9.84 Å². The van der Waals surface area contributed by atoms with E-state index in [4.69, 9.17) is 10.2 Å². The lowest BCUT2D eigenvalue weighted by molar-refractivity contribution is -0.161. The Bertz CT molecular complexity index is 313. The summed E-state index contributed by atoms with van der Waals surface area (Å²) >= 11 is 0. The Balaban J connectivity index is 5.06. The highest BCUT2D eigenvalue weighted by molar-refractivity contribution is 7.90. The van der Waals surface area contributed by atoms with Crippen molar-refractivity contribution in [3.05, 3.63) is 0 Å². The predicted octanol–water partition coefficient (Wildman–Crippen LogP) is -0.793. The quantitative estimate of drug-likeness (QED) is 0.588. The molecule has 7 heteroatoms. The molecule has 0 unspecified atom stereocenters. The zero-order chi connectivity index (χ0) is 10.9. The maximum Gasteiger partial charge on any atom is 0.321 e. The lowest BCUT2D eigenvalue weighted by atomic mass is 9.94. The largest absolute Gasteiger partial charge is 0.480 e. The molecule has 0 aromatic rings. The van der Waals surface area contributed by atoms with Crippen molar-refractivity contribution in [3.8, 4) is 0 Å². The topological polar surface area (TPSA) is 109 Å². The van der Waals surface area contributed by atoms with Gasteiger partial charge in [0, 0.05) is 6.26 Å². The Morgan fingerprint density at radius 1 is 1.23 bits per heavy atom. The molecule has 0 aliphatic rings. The van der Waals surface area contributed by atoms with Gasteiger partial charge in [-0.2, -0.15) is 0 Å². The maximum absolute atomic E-state index is 10.7. The van der Waals surface area contributed by atoms with Crippen molar-refractivity contribution in [2.75, 3.05) is 12.0 Å². The van der Waals surface area contributed by atoms with Crippen molar-refractivity contribution in [3.63, 3.8) is 0 Å². The van der Waals surface area contributed by atoms with Gasteiger partial charge in [-0.25, -0.2) is 8.42 Å². The van der Waals surface area contributed by atoms with Crippen molar-refractivity contribution in [1.29, 1.82) is 0 Å². The van der Waals surface area contributed by atoms with E-state index < -0.39 is 32.9 Å². The van der Waals surface area contributed by atoms with Crippen LogP contribution in [-0.2, 0) is 19.4 Å². The van der Waals surface area contributed by atoms with Crippen LogP contribution in [-0.4, -0.2) is 42.6 Å². The molecule has 0 saturated heterocycles. The third-order valence-corrected chi connectivity index (χ3v) is 2.60. The molecule has 0 aromatic carbocycles. The number of sulfone groups is 1. The first-order valence-electron chi connectivity index (χ1n) is 3.24. The van der Waals surface area contributed by atoms with Crippen molar-refractivity contribution in [1.82, 2.24) is 0 Å². The van der Waals surface area contributed by atoms with Gasteiger partial charge in [-0.3, -0.25) is 9.59 Å². The number of rotatable bonds is 4. The molecule has 0 amide bonds. The van der Waals surface area contributed by atoms with Gasteiger partial charge >= 0.3 is 11.9 Å². The average Bonchev–Trinajstić information content (AvgIpc) is 1.82. The Kier molecular flexibility index (Phi) is 3.04. The Morgan fingerprint density at radius 2 is 1.54 bits per heavy atom. The van der Waals surface area contributed by atoms with Gasteiger partial charge < -0.3 is 10.2 Å². The van der Waals surface area contributed by atoms with E-state index in [0.717, 1.165) is 13.2 Å². The molecule has 2 N–H and O–H groups in total. The molecule has 0 heterocycles. The van der Waals surface area contributed by atoms with Gasteiger partial charge in [-0.05, 0) is 6.92 Å². The summed E-state index contributed by atoms with van der Waals surface area (Å²) in [5.74, 6) is -4.24. The van der Waals surface area contributed by atoms with Gasteiger partial charge in [0.2, 0.25) is 0 Å². The second-order valence-electron chi connectivity index (χ2n) is 3.01. The van der Waals surface area contributed by atoms with Crippen LogP contribution in [0.1, 0.15) is 6.92 Å². The summed E-state index contributed by atoms with van der Waals surface area (Å²) in [6.07, 6.45) is 0.789. The maximum atomic E-state index is 10.7. The fourth-order valence-corrected chi connectivity index (χ4v) is 2.04. The SMILES string of the molecule is CC(CS(C)(=O)=O)(C(=O)O)C(=O)O. The molecule has 0 spiro atoms. The molecule has 0 aliphatic carbocycles. The van der Waals surface area contributed by atoms with E-state index in [1.807, 2.05) is 0 Å². The van der Waals surface area contributed by atoms with Gasteiger partial charge in [0.05, 0.1) is 5.75 Å². The Hall–Kier alpha value is -1.11. The standard InChI is InChI=1S/C6H10O6S/c1-6(4(7)8,5(9)10)3-13(2,11)12/h3H2,1-2H3,(H,7,8)(H,9,10). The summed E-state index contributed by atoms with van der Waals surface area (Å²) in [5.41, 5.74) is -2.27. The van der Waals surface area contributed by atoms with Crippen molar-refractivity contribution < 1.29 is 28.2 Å². The highest BCUT2D eigenvalue weighted by atomic mass is 32.2. The first kappa shape index (κ1) is 11.9. The lowest BCUT2D eigenvalue weighted by Gasteiger charge is -2.17. The van der Waals surface area contributed by atoms with Gasteiger partial charge in [0.25, 0.3) is 0 Å². The smallest absolute Gasteiger partial charge is 0.321 e. The van der Waals surface area contributed by atoms with E-state index in [0.29, 0.717) is 0 Å².